The molecule has 48 heavy (non-hydrogen) atoms. The number of anilines is 5. The number of rotatable bonds is 8. The third-order valence-electron chi connectivity index (χ3n) is 10.3. The van der Waals surface area contributed by atoms with E-state index in [2.05, 4.69) is 46.4 Å². The standard InChI is InChI=1S/C33H36ClN11O3/c34-19-1-8-27(35-15-19)42-32(48)45-29-26(7-5-23(40-29)30(46)38-20-2-3-20)44-12-10-33(45,17-44)36-14-18-13-24(18)41-31(47)22-4-6-25-28(39-22)37-21-9-11-43(25)16-21/h1,4-8,15,18,20-21,24,36H,2-3,9-14,16-17H2,(H,37,39)(H,38,46)(H,41,47)(H,35,42,48)/t18?,21-,24?,33-/m0/s1. The normalized spacial score (nSPS) is 25.9. The van der Waals surface area contributed by atoms with Crippen molar-refractivity contribution < 1.29 is 14.4 Å². The van der Waals surface area contributed by atoms with Gasteiger partial charge in [-0.2, -0.15) is 0 Å². The van der Waals surface area contributed by atoms with Crippen LogP contribution in [0.5, 0.6) is 0 Å². The van der Waals surface area contributed by atoms with E-state index < -0.39 is 11.7 Å². The van der Waals surface area contributed by atoms with Gasteiger partial charge in [0.2, 0.25) is 0 Å². The van der Waals surface area contributed by atoms with E-state index >= 15 is 0 Å². The van der Waals surface area contributed by atoms with Crippen LogP contribution in [-0.4, -0.2) is 89.3 Å². The molecule has 4 fully saturated rings. The van der Waals surface area contributed by atoms with Crippen molar-refractivity contribution >= 4 is 58.3 Å². The summed E-state index contributed by atoms with van der Waals surface area (Å²) in [7, 11) is 0. The van der Waals surface area contributed by atoms with Gasteiger partial charge in [0.15, 0.2) is 11.6 Å². The monoisotopic (exact) mass is 669 g/mol. The fraction of sp³-hybridized carbons (Fsp3) is 0.455. The molecule has 2 unspecified atom stereocenters. The number of fused-ring (bicyclic) bond motifs is 8. The Morgan fingerprint density at radius 3 is 2.56 bits per heavy atom. The van der Waals surface area contributed by atoms with Crippen LogP contribution in [0.4, 0.5) is 33.6 Å². The Morgan fingerprint density at radius 1 is 0.938 bits per heavy atom. The molecule has 3 aromatic rings. The first-order valence-electron chi connectivity index (χ1n) is 16.7. The van der Waals surface area contributed by atoms with Crippen LogP contribution in [0.1, 0.15) is 53.1 Å². The number of amides is 4. The first-order chi connectivity index (χ1) is 23.3. The van der Waals surface area contributed by atoms with Gasteiger partial charge in [-0.25, -0.2) is 19.7 Å². The number of halogens is 1. The average Bonchev–Trinajstić information content (AvgIpc) is 3.99. The fourth-order valence-corrected chi connectivity index (χ4v) is 7.53. The first-order valence-corrected chi connectivity index (χ1v) is 17.1. The number of pyridine rings is 3. The van der Waals surface area contributed by atoms with E-state index in [0.717, 1.165) is 56.0 Å². The third kappa shape index (κ3) is 5.32. The summed E-state index contributed by atoms with van der Waals surface area (Å²) in [6, 6.07) is 10.8. The lowest BCUT2D eigenvalue weighted by molar-refractivity contribution is 0.0936. The zero-order valence-corrected chi connectivity index (χ0v) is 27.0. The minimum Gasteiger partial charge on any atom is -0.366 e. The number of carbonyl (C=O) groups excluding carboxylic acids is 3. The van der Waals surface area contributed by atoms with E-state index in [1.54, 1.807) is 29.2 Å². The molecule has 4 atom stereocenters. The molecule has 0 aromatic carbocycles. The summed E-state index contributed by atoms with van der Waals surface area (Å²) in [4.78, 5) is 60.2. The smallest absolute Gasteiger partial charge is 0.330 e. The van der Waals surface area contributed by atoms with Gasteiger partial charge >= 0.3 is 6.03 Å². The Balaban J connectivity index is 0.924. The van der Waals surface area contributed by atoms with Crippen LogP contribution in [0.2, 0.25) is 5.02 Å². The molecule has 6 aliphatic rings. The molecule has 5 N–H and O–H groups in total. The zero-order chi connectivity index (χ0) is 32.6. The minimum atomic E-state index is -0.792. The predicted molar refractivity (Wildman–Crippen MR) is 181 cm³/mol. The second-order valence-electron chi connectivity index (χ2n) is 13.7. The molecule has 2 saturated heterocycles. The van der Waals surface area contributed by atoms with Gasteiger partial charge < -0.3 is 25.8 Å². The molecule has 4 amide bonds. The highest BCUT2D eigenvalue weighted by Crippen LogP contribution is 2.44. The number of nitrogens with zero attached hydrogens (tertiary/aromatic N) is 6. The van der Waals surface area contributed by atoms with E-state index in [4.69, 9.17) is 16.6 Å². The molecule has 2 saturated carbocycles. The van der Waals surface area contributed by atoms with Gasteiger partial charge in [-0.05, 0) is 68.0 Å². The molecular formula is C33H36ClN11O3. The molecular weight excluding hydrogens is 634 g/mol. The summed E-state index contributed by atoms with van der Waals surface area (Å²) < 4.78 is 0. The summed E-state index contributed by atoms with van der Waals surface area (Å²) in [5, 5.41) is 16.7. The first kappa shape index (κ1) is 29.4. The van der Waals surface area contributed by atoms with E-state index in [1.807, 2.05) is 12.1 Å². The Bertz CT molecular complexity index is 1820. The maximum atomic E-state index is 14.1. The van der Waals surface area contributed by atoms with Gasteiger partial charge in [-0.15, -0.1) is 0 Å². The van der Waals surface area contributed by atoms with Crippen LogP contribution in [-0.2, 0) is 0 Å². The summed E-state index contributed by atoms with van der Waals surface area (Å²) in [5.41, 5.74) is 1.72. The zero-order valence-electron chi connectivity index (χ0n) is 26.2. The summed E-state index contributed by atoms with van der Waals surface area (Å²) in [6.45, 7) is 3.81. The van der Waals surface area contributed by atoms with Gasteiger partial charge in [-0.1, -0.05) is 11.6 Å². The van der Waals surface area contributed by atoms with Crippen LogP contribution in [0, 0.1) is 5.92 Å². The largest absolute Gasteiger partial charge is 0.366 e. The molecule has 4 aliphatic heterocycles. The van der Waals surface area contributed by atoms with Crippen LogP contribution in [0.15, 0.2) is 42.6 Å². The maximum absolute atomic E-state index is 14.1. The molecule has 14 nitrogen and oxygen atoms in total. The second kappa shape index (κ2) is 11.2. The molecule has 4 bridgehead atoms. The molecule has 7 heterocycles. The van der Waals surface area contributed by atoms with Crippen molar-refractivity contribution in [3.63, 3.8) is 0 Å². The van der Waals surface area contributed by atoms with Gasteiger partial charge in [0.1, 0.15) is 22.9 Å². The third-order valence-corrected chi connectivity index (χ3v) is 10.5. The number of carbonyl (C=O) groups is 3. The number of aromatic nitrogens is 3. The van der Waals surface area contributed by atoms with E-state index in [0.29, 0.717) is 54.4 Å². The quantitative estimate of drug-likeness (QED) is 0.241. The van der Waals surface area contributed by atoms with Crippen LogP contribution < -0.4 is 41.3 Å². The molecule has 15 heteroatoms. The average molecular weight is 670 g/mol. The SMILES string of the molecule is O=C(NC1CC1)c1ccc2c(n1)N(C(=O)Nc1ccc(Cl)cn1)[C@@]1(NCC3CC3NC(=O)c3ccc4c(n3)N[C@H]3CCN4C3)CCN2C1. The van der Waals surface area contributed by atoms with Gasteiger partial charge in [0, 0.05) is 56.9 Å². The summed E-state index contributed by atoms with van der Waals surface area (Å²) in [5.74, 6) is 1.29. The van der Waals surface area contributed by atoms with E-state index in [-0.39, 0.29) is 35.5 Å². The van der Waals surface area contributed by atoms with Crippen molar-refractivity contribution in [3.8, 4) is 0 Å². The number of hydrogen-bond acceptors (Lipinski definition) is 10. The lowest BCUT2D eigenvalue weighted by Crippen LogP contribution is -2.66. The Labute approximate surface area is 282 Å². The minimum absolute atomic E-state index is 0.00287. The highest BCUT2D eigenvalue weighted by Gasteiger charge is 2.53. The predicted octanol–water partition coefficient (Wildman–Crippen LogP) is 2.79. The van der Waals surface area contributed by atoms with Crippen molar-refractivity contribution in [2.45, 2.75) is 55.9 Å². The summed E-state index contributed by atoms with van der Waals surface area (Å²) >= 11 is 6.04. The lowest BCUT2D eigenvalue weighted by Gasteiger charge is -2.45. The fourth-order valence-electron chi connectivity index (χ4n) is 7.42. The van der Waals surface area contributed by atoms with Crippen molar-refractivity contribution in [2.24, 2.45) is 5.92 Å². The van der Waals surface area contributed by atoms with Gasteiger partial charge in [0.25, 0.3) is 11.8 Å². The van der Waals surface area contributed by atoms with Crippen LogP contribution in [0.25, 0.3) is 0 Å². The Hall–Kier alpha value is -4.69. The van der Waals surface area contributed by atoms with Crippen LogP contribution >= 0.6 is 11.6 Å². The van der Waals surface area contributed by atoms with E-state index in [1.165, 1.54) is 6.20 Å². The van der Waals surface area contributed by atoms with E-state index in [9.17, 15) is 14.4 Å². The Morgan fingerprint density at radius 2 is 1.75 bits per heavy atom. The number of hydrogen-bond donors (Lipinski definition) is 5. The topological polar surface area (TPSA) is 160 Å². The summed E-state index contributed by atoms with van der Waals surface area (Å²) in [6.07, 6.45) is 5.93. The highest BCUT2D eigenvalue weighted by molar-refractivity contribution is 6.30. The number of nitrogens with one attached hydrogen (secondary N) is 5. The number of urea groups is 1. The van der Waals surface area contributed by atoms with Crippen molar-refractivity contribution in [2.75, 3.05) is 58.1 Å². The molecule has 9 rings (SSSR count). The van der Waals surface area contributed by atoms with Crippen molar-refractivity contribution in [3.05, 3.63) is 59.0 Å². The van der Waals surface area contributed by atoms with Crippen LogP contribution in [0.3, 0.4) is 0 Å². The molecule has 0 spiro atoms. The van der Waals surface area contributed by atoms with Gasteiger partial charge in [-0.3, -0.25) is 25.1 Å². The second-order valence-corrected chi connectivity index (χ2v) is 14.2. The lowest BCUT2D eigenvalue weighted by atomic mass is 10.0. The van der Waals surface area contributed by atoms with Crippen molar-refractivity contribution in [1.29, 1.82) is 0 Å². The molecule has 2 aliphatic carbocycles. The Kier molecular flexibility index (Phi) is 6.87. The molecule has 3 aromatic heterocycles. The molecule has 248 valence electrons. The van der Waals surface area contributed by atoms with Crippen molar-refractivity contribution in [1.82, 2.24) is 30.9 Å². The maximum Gasteiger partial charge on any atom is 0.330 e. The van der Waals surface area contributed by atoms with Gasteiger partial charge in [0.05, 0.1) is 22.9 Å². The molecule has 0 radical (unpaired) electrons. The highest BCUT2D eigenvalue weighted by atomic mass is 35.5.